The highest BCUT2D eigenvalue weighted by atomic mass is 16.5. The maximum atomic E-state index is 11.1. The van der Waals surface area contributed by atoms with Crippen molar-refractivity contribution in [3.8, 4) is 0 Å². The zero-order chi connectivity index (χ0) is 10.0. The van der Waals surface area contributed by atoms with Gasteiger partial charge in [0, 0.05) is 6.08 Å². The number of carbonyl (C=O) groups is 2. The lowest BCUT2D eigenvalue weighted by molar-refractivity contribution is -0.122. The van der Waals surface area contributed by atoms with Gasteiger partial charge in [0.05, 0.1) is 14.2 Å². The molecule has 5 nitrogen and oxygen atoms in total. The number of ether oxygens (including phenoxy) is 2. The monoisotopic (exact) mass is 184 g/mol. The van der Waals surface area contributed by atoms with Crippen LogP contribution in [0.15, 0.2) is 23.4 Å². The molecule has 0 amide bonds. The van der Waals surface area contributed by atoms with Gasteiger partial charge in [-0.05, 0) is 0 Å². The summed E-state index contributed by atoms with van der Waals surface area (Å²) in [5.74, 6) is -2.60. The van der Waals surface area contributed by atoms with Crippen LogP contribution in [0, 0.1) is 0 Å². The molecule has 1 N–H and O–H groups in total. The molecule has 0 heterocycles. The van der Waals surface area contributed by atoms with Crippen molar-refractivity contribution in [1.29, 1.82) is 0 Å². The van der Waals surface area contributed by atoms with Crippen molar-refractivity contribution >= 4 is 11.6 Å². The van der Waals surface area contributed by atoms with Crippen LogP contribution in [0.5, 0.6) is 0 Å². The first-order valence-electron chi connectivity index (χ1n) is 3.43. The predicted octanol–water partition coefficient (Wildman–Crippen LogP) is 0.0845. The van der Waals surface area contributed by atoms with Crippen molar-refractivity contribution in [3.05, 3.63) is 23.4 Å². The number of carbonyl (C=O) groups excluding carboxylic acids is 2. The van der Waals surface area contributed by atoms with E-state index in [1.807, 2.05) is 0 Å². The molecule has 70 valence electrons. The van der Waals surface area contributed by atoms with Crippen molar-refractivity contribution in [3.63, 3.8) is 0 Å². The van der Waals surface area contributed by atoms with Gasteiger partial charge in [-0.15, -0.1) is 0 Å². The number of allylic oxidation sites excluding steroid dienone is 1. The molecule has 1 aliphatic rings. The highest BCUT2D eigenvalue weighted by Gasteiger charge is 2.29. The highest BCUT2D eigenvalue weighted by molar-refractivity contribution is 6.19. The lowest BCUT2D eigenvalue weighted by Gasteiger charge is -2.12. The van der Waals surface area contributed by atoms with Crippen molar-refractivity contribution < 1.29 is 24.2 Å². The van der Waals surface area contributed by atoms with E-state index in [1.165, 1.54) is 14.2 Å². The van der Waals surface area contributed by atoms with Gasteiger partial charge >= 0.3 is 0 Å². The standard InChI is InChI=1S/C8H8O5/c1-12-5-3-4(9)8(13-2)7(11)6(5)10/h3,11H,1-2H3. The zero-order valence-electron chi connectivity index (χ0n) is 7.16. The van der Waals surface area contributed by atoms with E-state index in [2.05, 4.69) is 9.47 Å². The normalized spacial score (nSPS) is 17.2. The summed E-state index contributed by atoms with van der Waals surface area (Å²) >= 11 is 0. The SMILES string of the molecule is COC1=CC(=O)C(OC)=C(O)C1=O. The molecule has 0 aromatic heterocycles. The third-order valence-electron chi connectivity index (χ3n) is 1.56. The van der Waals surface area contributed by atoms with Crippen molar-refractivity contribution in [2.75, 3.05) is 14.2 Å². The van der Waals surface area contributed by atoms with E-state index in [1.54, 1.807) is 0 Å². The molecule has 0 radical (unpaired) electrons. The maximum absolute atomic E-state index is 11.1. The van der Waals surface area contributed by atoms with Crippen LogP contribution in [0.1, 0.15) is 0 Å². The Morgan fingerprint density at radius 1 is 1.23 bits per heavy atom. The minimum absolute atomic E-state index is 0.191. The van der Waals surface area contributed by atoms with Gasteiger partial charge in [-0.2, -0.15) is 0 Å². The van der Waals surface area contributed by atoms with E-state index in [-0.39, 0.29) is 11.5 Å². The Labute approximate surface area is 74.3 Å². The number of hydrogen-bond donors (Lipinski definition) is 1. The fourth-order valence-electron chi connectivity index (χ4n) is 0.936. The minimum Gasteiger partial charge on any atom is -0.501 e. The quantitative estimate of drug-likeness (QED) is 0.615. The van der Waals surface area contributed by atoms with Crippen LogP contribution in [-0.4, -0.2) is 30.9 Å². The van der Waals surface area contributed by atoms with Gasteiger partial charge in [-0.3, -0.25) is 9.59 Å². The van der Waals surface area contributed by atoms with Crippen molar-refractivity contribution in [2.45, 2.75) is 0 Å². The van der Waals surface area contributed by atoms with Crippen LogP contribution in [0.2, 0.25) is 0 Å². The second-order valence-electron chi connectivity index (χ2n) is 2.29. The minimum atomic E-state index is -0.751. The van der Waals surface area contributed by atoms with E-state index in [0.29, 0.717) is 0 Å². The topological polar surface area (TPSA) is 72.8 Å². The van der Waals surface area contributed by atoms with Crippen LogP contribution in [-0.2, 0) is 19.1 Å². The van der Waals surface area contributed by atoms with Crippen molar-refractivity contribution in [2.24, 2.45) is 0 Å². The molecule has 0 bridgehead atoms. The number of Topliss-reactive ketones (excluding diaryl/α,β-unsaturated/α-hetero) is 1. The molecular formula is C8H8O5. The molecule has 0 saturated heterocycles. The zero-order valence-corrected chi connectivity index (χ0v) is 7.16. The van der Waals surface area contributed by atoms with Crippen LogP contribution < -0.4 is 0 Å². The molecule has 0 spiro atoms. The van der Waals surface area contributed by atoms with Gasteiger partial charge in [0.2, 0.25) is 17.3 Å². The third kappa shape index (κ3) is 1.40. The van der Waals surface area contributed by atoms with E-state index in [9.17, 15) is 14.7 Å². The highest BCUT2D eigenvalue weighted by Crippen LogP contribution is 2.17. The van der Waals surface area contributed by atoms with E-state index >= 15 is 0 Å². The summed E-state index contributed by atoms with van der Waals surface area (Å²) in [7, 11) is 2.43. The molecule has 5 heteroatoms. The van der Waals surface area contributed by atoms with Crippen LogP contribution in [0.4, 0.5) is 0 Å². The molecule has 0 aromatic rings. The summed E-state index contributed by atoms with van der Waals surface area (Å²) in [6.45, 7) is 0. The fourth-order valence-corrected chi connectivity index (χ4v) is 0.936. The Bertz CT molecular complexity index is 323. The molecule has 0 fully saturated rings. The number of aliphatic hydroxyl groups is 1. The third-order valence-corrected chi connectivity index (χ3v) is 1.56. The van der Waals surface area contributed by atoms with Crippen LogP contribution >= 0.6 is 0 Å². The summed E-state index contributed by atoms with van der Waals surface area (Å²) in [5.41, 5.74) is 0. The van der Waals surface area contributed by atoms with Crippen LogP contribution in [0.25, 0.3) is 0 Å². The van der Waals surface area contributed by atoms with E-state index in [0.717, 1.165) is 6.08 Å². The Hall–Kier alpha value is -1.78. The molecule has 0 atom stereocenters. The first-order chi connectivity index (χ1) is 6.11. The second kappa shape index (κ2) is 3.30. The number of ketones is 2. The molecule has 0 unspecified atom stereocenters. The van der Waals surface area contributed by atoms with Gasteiger partial charge in [0.25, 0.3) is 5.78 Å². The lowest BCUT2D eigenvalue weighted by Crippen LogP contribution is -2.20. The molecule has 1 aliphatic carbocycles. The van der Waals surface area contributed by atoms with Crippen molar-refractivity contribution in [1.82, 2.24) is 0 Å². The number of aliphatic hydroxyl groups excluding tert-OH is 1. The Morgan fingerprint density at radius 2 is 1.85 bits per heavy atom. The summed E-state index contributed by atoms with van der Waals surface area (Å²) < 4.78 is 9.12. The molecule has 1 rings (SSSR count). The van der Waals surface area contributed by atoms with Gasteiger partial charge in [0.1, 0.15) is 0 Å². The van der Waals surface area contributed by atoms with Gasteiger partial charge in [0.15, 0.2) is 5.76 Å². The molecule has 0 aliphatic heterocycles. The number of methoxy groups -OCH3 is 2. The Morgan fingerprint density at radius 3 is 2.31 bits per heavy atom. The lowest BCUT2D eigenvalue weighted by atomic mass is 10.1. The first-order valence-corrected chi connectivity index (χ1v) is 3.43. The molecule has 0 aromatic carbocycles. The van der Waals surface area contributed by atoms with E-state index < -0.39 is 17.3 Å². The van der Waals surface area contributed by atoms with Gasteiger partial charge < -0.3 is 14.6 Å². The molecule has 13 heavy (non-hydrogen) atoms. The van der Waals surface area contributed by atoms with Gasteiger partial charge in [-0.1, -0.05) is 0 Å². The average molecular weight is 184 g/mol. The summed E-state index contributed by atoms with van der Waals surface area (Å²) in [4.78, 5) is 22.2. The molecular weight excluding hydrogens is 176 g/mol. The van der Waals surface area contributed by atoms with Gasteiger partial charge in [-0.25, -0.2) is 0 Å². The maximum Gasteiger partial charge on any atom is 0.265 e. The first kappa shape index (κ1) is 9.31. The smallest absolute Gasteiger partial charge is 0.265 e. The van der Waals surface area contributed by atoms with E-state index in [4.69, 9.17) is 0 Å². The molecule has 0 saturated carbocycles. The summed E-state index contributed by atoms with van der Waals surface area (Å²) in [5, 5.41) is 9.17. The fraction of sp³-hybridized carbons (Fsp3) is 0.250. The Kier molecular flexibility index (Phi) is 2.36. The summed E-state index contributed by atoms with van der Waals surface area (Å²) in [6, 6.07) is 0. The second-order valence-corrected chi connectivity index (χ2v) is 2.29. The number of hydrogen-bond acceptors (Lipinski definition) is 5. The number of rotatable bonds is 2. The predicted molar refractivity (Wildman–Crippen MR) is 41.8 cm³/mol. The summed E-state index contributed by atoms with van der Waals surface area (Å²) in [6.07, 6.45) is 0.973. The average Bonchev–Trinajstić information content (AvgIpc) is 2.12. The van der Waals surface area contributed by atoms with Crippen LogP contribution in [0.3, 0.4) is 0 Å². The largest absolute Gasteiger partial charge is 0.501 e. The Balaban J connectivity index is 3.12.